The fourth-order valence-electron chi connectivity index (χ4n) is 2.67. The number of nitrogens with zero attached hydrogens (tertiary/aromatic N) is 2. The zero-order valence-corrected chi connectivity index (χ0v) is 11.8. The predicted molar refractivity (Wildman–Crippen MR) is 79.2 cm³/mol. The summed E-state index contributed by atoms with van der Waals surface area (Å²) in [4.78, 5) is 16.1. The number of carbonyl (C=O) groups is 1. The lowest BCUT2D eigenvalue weighted by Crippen LogP contribution is -2.34. The molecule has 104 valence electrons. The molecule has 4 nitrogen and oxygen atoms in total. The quantitative estimate of drug-likeness (QED) is 0.828. The Morgan fingerprint density at radius 2 is 2.05 bits per heavy atom. The third-order valence-electron chi connectivity index (χ3n) is 3.64. The lowest BCUT2D eigenvalue weighted by Gasteiger charge is -2.22. The highest BCUT2D eigenvalue weighted by Crippen LogP contribution is 2.26. The fraction of sp³-hybridized carbons (Fsp3) is 0.533. The van der Waals surface area contributed by atoms with Crippen LogP contribution in [0.3, 0.4) is 0 Å². The molecular weight excluding hydrogens is 238 g/mol. The number of carbonyl (C=O) groups excluding carboxylic acids is 1. The molecule has 1 aromatic rings. The maximum absolute atomic E-state index is 12.4. The zero-order valence-electron chi connectivity index (χ0n) is 11.8. The van der Waals surface area contributed by atoms with Crippen LogP contribution in [0.1, 0.15) is 26.7 Å². The van der Waals surface area contributed by atoms with Gasteiger partial charge in [-0.3, -0.25) is 4.90 Å². The van der Waals surface area contributed by atoms with E-state index in [1.165, 1.54) is 6.42 Å². The van der Waals surface area contributed by atoms with Crippen molar-refractivity contribution in [2.45, 2.75) is 26.7 Å². The summed E-state index contributed by atoms with van der Waals surface area (Å²) in [5, 5.41) is 0. The van der Waals surface area contributed by atoms with Crippen LogP contribution in [-0.4, -0.2) is 30.6 Å². The molecule has 2 amide bonds. The summed E-state index contributed by atoms with van der Waals surface area (Å²) in [5.41, 5.74) is 7.44. The van der Waals surface area contributed by atoms with Crippen LogP contribution in [0.25, 0.3) is 0 Å². The van der Waals surface area contributed by atoms with Crippen LogP contribution in [0.4, 0.5) is 16.2 Å². The first-order chi connectivity index (χ1) is 9.13. The van der Waals surface area contributed by atoms with Gasteiger partial charge in [0.1, 0.15) is 0 Å². The van der Waals surface area contributed by atoms with Crippen molar-refractivity contribution >= 4 is 17.4 Å². The van der Waals surface area contributed by atoms with Gasteiger partial charge in [-0.05, 0) is 24.5 Å². The molecule has 0 spiro atoms. The van der Waals surface area contributed by atoms with Crippen molar-refractivity contribution in [3.8, 4) is 0 Å². The Hall–Kier alpha value is -1.71. The van der Waals surface area contributed by atoms with Gasteiger partial charge in [0.25, 0.3) is 0 Å². The molecule has 0 aliphatic carbocycles. The number of para-hydroxylation sites is 2. The molecule has 0 saturated carbocycles. The predicted octanol–water partition coefficient (Wildman–Crippen LogP) is 2.95. The second kappa shape index (κ2) is 5.95. The summed E-state index contributed by atoms with van der Waals surface area (Å²) in [7, 11) is 0. The van der Waals surface area contributed by atoms with Gasteiger partial charge in [0.05, 0.1) is 11.4 Å². The number of rotatable bonds is 5. The summed E-state index contributed by atoms with van der Waals surface area (Å²) in [6.45, 7) is 6.75. The second-order valence-corrected chi connectivity index (χ2v) is 5.33. The molecule has 1 aromatic carbocycles. The van der Waals surface area contributed by atoms with Crippen LogP contribution in [0, 0.1) is 5.92 Å². The maximum Gasteiger partial charge on any atom is 0.324 e. The number of hydrogen-bond acceptors (Lipinski definition) is 2. The van der Waals surface area contributed by atoms with E-state index < -0.39 is 0 Å². The average Bonchev–Trinajstić information content (AvgIpc) is 2.72. The summed E-state index contributed by atoms with van der Waals surface area (Å²) >= 11 is 0. The number of hydrogen-bond donors (Lipinski definition) is 1. The molecule has 0 radical (unpaired) electrons. The molecule has 2 rings (SSSR count). The minimum absolute atomic E-state index is 0.0841. The molecule has 1 heterocycles. The first-order valence-corrected chi connectivity index (χ1v) is 7.04. The van der Waals surface area contributed by atoms with Crippen molar-refractivity contribution in [1.82, 2.24) is 4.90 Å². The van der Waals surface area contributed by atoms with Crippen molar-refractivity contribution < 1.29 is 4.79 Å². The largest absolute Gasteiger partial charge is 0.397 e. The molecule has 0 aromatic heterocycles. The van der Waals surface area contributed by atoms with Gasteiger partial charge >= 0.3 is 6.03 Å². The smallest absolute Gasteiger partial charge is 0.324 e. The monoisotopic (exact) mass is 261 g/mol. The SMILES string of the molecule is CCCC(C)CN1CCN(c2ccccc2N)C1=O. The normalized spacial score (nSPS) is 17.1. The standard InChI is InChI=1S/C15H23N3O/c1-3-6-12(2)11-17-9-10-18(15(17)19)14-8-5-4-7-13(14)16/h4-5,7-8,12H,3,6,9-11,16H2,1-2H3. The van der Waals surface area contributed by atoms with Crippen LogP contribution < -0.4 is 10.6 Å². The van der Waals surface area contributed by atoms with Crippen molar-refractivity contribution in [3.63, 3.8) is 0 Å². The Morgan fingerprint density at radius 3 is 2.74 bits per heavy atom. The number of nitrogens with two attached hydrogens (primary N) is 1. The molecule has 0 bridgehead atoms. The van der Waals surface area contributed by atoms with Gasteiger partial charge in [-0.2, -0.15) is 0 Å². The van der Waals surface area contributed by atoms with Gasteiger partial charge in [0.2, 0.25) is 0 Å². The Morgan fingerprint density at radius 1 is 1.32 bits per heavy atom. The molecule has 2 N–H and O–H groups in total. The lowest BCUT2D eigenvalue weighted by molar-refractivity contribution is 0.212. The molecule has 4 heteroatoms. The molecule has 1 aliphatic heterocycles. The second-order valence-electron chi connectivity index (χ2n) is 5.33. The Bertz CT molecular complexity index is 447. The summed E-state index contributed by atoms with van der Waals surface area (Å²) in [5.74, 6) is 0.557. The van der Waals surface area contributed by atoms with E-state index in [-0.39, 0.29) is 6.03 Å². The average molecular weight is 261 g/mol. The number of urea groups is 1. The van der Waals surface area contributed by atoms with E-state index in [1.807, 2.05) is 29.2 Å². The zero-order chi connectivity index (χ0) is 13.8. The molecule has 1 saturated heterocycles. The number of nitrogen functional groups attached to an aromatic ring is 1. The molecule has 1 fully saturated rings. The first-order valence-electron chi connectivity index (χ1n) is 7.04. The lowest BCUT2D eigenvalue weighted by atomic mass is 10.1. The van der Waals surface area contributed by atoms with E-state index >= 15 is 0 Å². The minimum Gasteiger partial charge on any atom is -0.397 e. The van der Waals surface area contributed by atoms with Crippen LogP contribution >= 0.6 is 0 Å². The molecule has 1 atom stereocenters. The van der Waals surface area contributed by atoms with Crippen LogP contribution in [-0.2, 0) is 0 Å². The van der Waals surface area contributed by atoms with Crippen molar-refractivity contribution in [3.05, 3.63) is 24.3 Å². The Kier molecular flexibility index (Phi) is 4.30. The highest BCUT2D eigenvalue weighted by Gasteiger charge is 2.30. The molecule has 1 aliphatic rings. The van der Waals surface area contributed by atoms with Gasteiger partial charge in [-0.25, -0.2) is 4.79 Å². The van der Waals surface area contributed by atoms with E-state index in [0.717, 1.165) is 31.7 Å². The van der Waals surface area contributed by atoms with E-state index in [9.17, 15) is 4.79 Å². The molecule has 19 heavy (non-hydrogen) atoms. The Labute approximate surface area is 115 Å². The highest BCUT2D eigenvalue weighted by atomic mass is 16.2. The first kappa shape index (κ1) is 13.7. The third-order valence-corrected chi connectivity index (χ3v) is 3.64. The van der Waals surface area contributed by atoms with Crippen LogP contribution in [0.2, 0.25) is 0 Å². The van der Waals surface area contributed by atoms with Crippen LogP contribution in [0.5, 0.6) is 0 Å². The van der Waals surface area contributed by atoms with E-state index in [4.69, 9.17) is 5.73 Å². The van der Waals surface area contributed by atoms with Crippen molar-refractivity contribution in [2.75, 3.05) is 30.3 Å². The number of benzene rings is 1. The van der Waals surface area contributed by atoms with Crippen LogP contribution in [0.15, 0.2) is 24.3 Å². The summed E-state index contributed by atoms with van der Waals surface area (Å²) in [6, 6.07) is 7.64. The topological polar surface area (TPSA) is 49.6 Å². The fourth-order valence-corrected chi connectivity index (χ4v) is 2.67. The Balaban J connectivity index is 2.04. The van der Waals surface area contributed by atoms with Crippen molar-refractivity contribution in [1.29, 1.82) is 0 Å². The highest BCUT2D eigenvalue weighted by molar-refractivity contribution is 5.97. The van der Waals surface area contributed by atoms with Gasteiger partial charge in [-0.1, -0.05) is 32.4 Å². The van der Waals surface area contributed by atoms with E-state index in [1.54, 1.807) is 4.90 Å². The third kappa shape index (κ3) is 3.00. The molecular formula is C15H23N3O. The summed E-state index contributed by atoms with van der Waals surface area (Å²) < 4.78 is 0. The number of anilines is 2. The van der Waals surface area contributed by atoms with Gasteiger partial charge in [0, 0.05) is 19.6 Å². The summed E-state index contributed by atoms with van der Waals surface area (Å²) in [6.07, 6.45) is 2.33. The van der Waals surface area contributed by atoms with Gasteiger partial charge in [0.15, 0.2) is 0 Å². The van der Waals surface area contributed by atoms with Gasteiger partial charge in [-0.15, -0.1) is 0 Å². The minimum atomic E-state index is 0.0841. The van der Waals surface area contributed by atoms with E-state index in [0.29, 0.717) is 11.6 Å². The van der Waals surface area contributed by atoms with E-state index in [2.05, 4.69) is 13.8 Å². The molecule has 1 unspecified atom stereocenters. The van der Waals surface area contributed by atoms with Crippen molar-refractivity contribution in [2.24, 2.45) is 5.92 Å². The number of amides is 2. The maximum atomic E-state index is 12.4. The van der Waals surface area contributed by atoms with Gasteiger partial charge < -0.3 is 10.6 Å².